The molecule has 156 valence electrons. The number of nitrogens with one attached hydrogen (secondary N) is 1. The molecule has 0 aliphatic heterocycles. The molecule has 0 radical (unpaired) electrons. The molecule has 4 fully saturated rings. The summed E-state index contributed by atoms with van der Waals surface area (Å²) in [5.41, 5.74) is 5.52. The van der Waals surface area contributed by atoms with Crippen molar-refractivity contribution >= 4 is 28.1 Å². The van der Waals surface area contributed by atoms with E-state index in [4.69, 9.17) is 0 Å². The quantitative estimate of drug-likeness (QED) is 0.441. The molecule has 6 rings (SSSR count). The van der Waals surface area contributed by atoms with E-state index < -0.39 is 0 Å². The Kier molecular flexibility index (Phi) is 4.85. The SMILES string of the molecule is Cc1ccc(C23C[C@H]4C[C@@H](CC(C(=O)N/N=C\c5cc(Br)ccc5F)(C4)C2)C3)cc1. The van der Waals surface area contributed by atoms with Crippen molar-refractivity contribution in [3.8, 4) is 0 Å². The molecule has 0 spiro atoms. The fourth-order valence-corrected chi connectivity index (χ4v) is 7.04. The van der Waals surface area contributed by atoms with Gasteiger partial charge in [-0.15, -0.1) is 0 Å². The van der Waals surface area contributed by atoms with E-state index >= 15 is 0 Å². The van der Waals surface area contributed by atoms with Crippen LogP contribution in [-0.4, -0.2) is 12.1 Å². The Bertz CT molecular complexity index is 1000. The van der Waals surface area contributed by atoms with E-state index in [1.807, 2.05) is 0 Å². The molecule has 4 aliphatic carbocycles. The number of amides is 1. The van der Waals surface area contributed by atoms with Crippen LogP contribution in [0.5, 0.6) is 0 Å². The van der Waals surface area contributed by atoms with Crippen molar-refractivity contribution < 1.29 is 9.18 Å². The normalized spacial score (nSPS) is 32.0. The van der Waals surface area contributed by atoms with E-state index in [1.54, 1.807) is 12.1 Å². The third-order valence-electron chi connectivity index (χ3n) is 7.53. The van der Waals surface area contributed by atoms with Gasteiger partial charge in [0.05, 0.1) is 11.6 Å². The second-order valence-corrected chi connectivity index (χ2v) is 10.7. The fourth-order valence-electron chi connectivity index (χ4n) is 6.67. The molecule has 4 aliphatic rings. The van der Waals surface area contributed by atoms with Gasteiger partial charge in [-0.05, 0) is 86.5 Å². The van der Waals surface area contributed by atoms with Gasteiger partial charge < -0.3 is 0 Å². The smallest absolute Gasteiger partial charge is 0.246 e. The van der Waals surface area contributed by atoms with Gasteiger partial charge in [-0.25, -0.2) is 9.82 Å². The van der Waals surface area contributed by atoms with E-state index in [0.717, 1.165) is 23.7 Å². The number of hydrogen-bond donors (Lipinski definition) is 1. The number of hydrogen-bond acceptors (Lipinski definition) is 2. The molecule has 2 aromatic rings. The molecule has 0 aromatic heterocycles. The zero-order valence-electron chi connectivity index (χ0n) is 17.1. The summed E-state index contributed by atoms with van der Waals surface area (Å²) in [4.78, 5) is 13.3. The van der Waals surface area contributed by atoms with Crippen molar-refractivity contribution in [1.82, 2.24) is 5.43 Å². The molecule has 0 heterocycles. The Morgan fingerprint density at radius 3 is 2.53 bits per heavy atom. The van der Waals surface area contributed by atoms with Gasteiger partial charge in [0.25, 0.3) is 0 Å². The van der Waals surface area contributed by atoms with Crippen molar-refractivity contribution in [1.29, 1.82) is 0 Å². The van der Waals surface area contributed by atoms with E-state index in [0.29, 0.717) is 17.4 Å². The number of benzene rings is 2. The summed E-state index contributed by atoms with van der Waals surface area (Å²) in [5, 5.41) is 4.12. The van der Waals surface area contributed by atoms with Crippen LogP contribution >= 0.6 is 15.9 Å². The number of aryl methyl sites for hydroxylation is 1. The number of rotatable bonds is 4. The highest BCUT2D eigenvalue weighted by molar-refractivity contribution is 9.10. The molecule has 30 heavy (non-hydrogen) atoms. The number of nitrogens with zero attached hydrogens (tertiary/aromatic N) is 1. The highest BCUT2D eigenvalue weighted by Gasteiger charge is 2.60. The van der Waals surface area contributed by atoms with Crippen LogP contribution in [0, 0.1) is 30.0 Å². The van der Waals surface area contributed by atoms with E-state index in [1.165, 1.54) is 42.7 Å². The molecule has 4 bridgehead atoms. The number of halogens is 2. The highest BCUT2D eigenvalue weighted by Crippen LogP contribution is 2.65. The van der Waals surface area contributed by atoms with Gasteiger partial charge >= 0.3 is 0 Å². The summed E-state index contributed by atoms with van der Waals surface area (Å²) < 4.78 is 14.7. The Morgan fingerprint density at radius 2 is 1.83 bits per heavy atom. The zero-order valence-corrected chi connectivity index (χ0v) is 18.7. The summed E-state index contributed by atoms with van der Waals surface area (Å²) in [6, 6.07) is 13.6. The molecule has 0 saturated heterocycles. The topological polar surface area (TPSA) is 41.5 Å². The van der Waals surface area contributed by atoms with Gasteiger partial charge in [-0.2, -0.15) is 5.10 Å². The average Bonchev–Trinajstić information content (AvgIpc) is 2.70. The van der Waals surface area contributed by atoms with Crippen molar-refractivity contribution in [2.24, 2.45) is 22.4 Å². The van der Waals surface area contributed by atoms with Gasteiger partial charge in [-0.1, -0.05) is 45.8 Å². The first kappa shape index (κ1) is 19.9. The van der Waals surface area contributed by atoms with Crippen LogP contribution < -0.4 is 5.43 Å². The maximum Gasteiger partial charge on any atom is 0.246 e. The molecule has 2 atom stereocenters. The van der Waals surface area contributed by atoms with Crippen LogP contribution in [-0.2, 0) is 10.2 Å². The molecule has 4 saturated carbocycles. The van der Waals surface area contributed by atoms with E-state index in [-0.39, 0.29) is 22.6 Å². The van der Waals surface area contributed by atoms with Gasteiger partial charge in [0.15, 0.2) is 0 Å². The first-order chi connectivity index (χ1) is 14.4. The second kappa shape index (κ2) is 7.30. The number of carbonyl (C=O) groups is 1. The van der Waals surface area contributed by atoms with Gasteiger partial charge in [0.2, 0.25) is 5.91 Å². The monoisotopic (exact) mass is 468 g/mol. The lowest BCUT2D eigenvalue weighted by Crippen LogP contribution is -2.58. The lowest BCUT2D eigenvalue weighted by Gasteiger charge is -2.61. The molecule has 5 heteroatoms. The number of carbonyl (C=O) groups excluding carboxylic acids is 1. The predicted octanol–water partition coefficient (Wildman–Crippen LogP) is 5.88. The molecule has 0 unspecified atom stereocenters. The minimum absolute atomic E-state index is 0.000239. The van der Waals surface area contributed by atoms with Gasteiger partial charge in [0.1, 0.15) is 5.82 Å². The molecule has 2 aromatic carbocycles. The van der Waals surface area contributed by atoms with Crippen molar-refractivity contribution in [2.45, 2.75) is 50.9 Å². The second-order valence-electron chi connectivity index (χ2n) is 9.75. The summed E-state index contributed by atoms with van der Waals surface area (Å²) in [5.74, 6) is 0.846. The minimum Gasteiger partial charge on any atom is -0.273 e. The Hall–Kier alpha value is -2.01. The largest absolute Gasteiger partial charge is 0.273 e. The van der Waals surface area contributed by atoms with E-state index in [9.17, 15) is 9.18 Å². The first-order valence-corrected chi connectivity index (χ1v) is 11.5. The summed E-state index contributed by atoms with van der Waals surface area (Å²) in [6.45, 7) is 2.12. The third kappa shape index (κ3) is 3.41. The maximum atomic E-state index is 13.9. The van der Waals surface area contributed by atoms with Crippen LogP contribution in [0.3, 0.4) is 0 Å². The Labute approximate surface area is 185 Å². The molecule has 3 nitrogen and oxygen atoms in total. The van der Waals surface area contributed by atoms with Crippen LogP contribution in [0.2, 0.25) is 0 Å². The third-order valence-corrected chi connectivity index (χ3v) is 8.03. The fraction of sp³-hybridized carbons (Fsp3) is 0.440. The highest BCUT2D eigenvalue weighted by atomic mass is 79.9. The zero-order chi connectivity index (χ0) is 20.9. The van der Waals surface area contributed by atoms with Crippen molar-refractivity contribution in [3.05, 3.63) is 69.4 Å². The minimum atomic E-state index is -0.359. The Morgan fingerprint density at radius 1 is 1.13 bits per heavy atom. The molecular weight excluding hydrogens is 443 g/mol. The number of hydrazone groups is 1. The van der Waals surface area contributed by atoms with Crippen LogP contribution in [0.25, 0.3) is 0 Å². The summed E-state index contributed by atoms with van der Waals surface area (Å²) in [6.07, 6.45) is 7.81. The van der Waals surface area contributed by atoms with Crippen LogP contribution in [0.1, 0.15) is 55.2 Å². The van der Waals surface area contributed by atoms with E-state index in [2.05, 4.69) is 57.6 Å². The van der Waals surface area contributed by atoms with Crippen molar-refractivity contribution in [2.75, 3.05) is 0 Å². The lowest BCUT2D eigenvalue weighted by molar-refractivity contribution is -0.149. The standard InChI is InChI=1S/C25H26BrFN2O/c1-16-2-4-20(5-3-16)24-10-17-8-18(11-24)13-25(12-17,15-24)23(30)29-28-14-19-9-21(26)6-7-22(19)27/h2-7,9,14,17-18H,8,10-13,15H2,1H3,(H,29,30)/b28-14-/t17-,18-,24?,25?/m1/s1. The first-order valence-electron chi connectivity index (χ1n) is 10.7. The summed E-state index contributed by atoms with van der Waals surface area (Å²) in [7, 11) is 0. The van der Waals surface area contributed by atoms with Gasteiger partial charge in [0, 0.05) is 10.0 Å². The predicted molar refractivity (Wildman–Crippen MR) is 120 cm³/mol. The average molecular weight is 469 g/mol. The molecule has 1 amide bonds. The van der Waals surface area contributed by atoms with Crippen LogP contribution in [0.4, 0.5) is 4.39 Å². The maximum absolute atomic E-state index is 13.9. The summed E-state index contributed by atoms with van der Waals surface area (Å²) >= 11 is 3.34. The molecule has 1 N–H and O–H groups in total. The van der Waals surface area contributed by atoms with Crippen molar-refractivity contribution in [3.63, 3.8) is 0 Å². The lowest BCUT2D eigenvalue weighted by atomic mass is 9.42. The van der Waals surface area contributed by atoms with Gasteiger partial charge in [-0.3, -0.25) is 4.79 Å². The molecular formula is C25H26BrFN2O. The Balaban J connectivity index is 1.38. The van der Waals surface area contributed by atoms with Crippen LogP contribution in [0.15, 0.2) is 52.0 Å².